The molecule has 2 aliphatic rings. The molecule has 2 fully saturated rings. The molecule has 0 atom stereocenters. The van der Waals surface area contributed by atoms with Gasteiger partial charge in [0.05, 0.1) is 16.1 Å². The van der Waals surface area contributed by atoms with Crippen molar-refractivity contribution in [2.24, 2.45) is 0 Å². The third kappa shape index (κ3) is 5.84. The number of para-hydroxylation sites is 1. The highest BCUT2D eigenvalue weighted by atomic mass is 32.2. The van der Waals surface area contributed by atoms with Crippen molar-refractivity contribution in [2.45, 2.75) is 44.0 Å². The van der Waals surface area contributed by atoms with E-state index in [1.807, 2.05) is 26.0 Å². The van der Waals surface area contributed by atoms with Crippen LogP contribution in [0, 0.1) is 13.8 Å². The van der Waals surface area contributed by atoms with Crippen LogP contribution in [-0.2, 0) is 14.8 Å². The molecule has 8 nitrogen and oxygen atoms in total. The van der Waals surface area contributed by atoms with Crippen LogP contribution in [0.15, 0.2) is 47.4 Å². The van der Waals surface area contributed by atoms with E-state index in [9.17, 15) is 18.0 Å². The molecule has 0 unspecified atom stereocenters. The third-order valence-electron chi connectivity index (χ3n) is 6.29. The molecule has 2 aromatic carbocycles. The first-order valence-electron chi connectivity index (χ1n) is 11.7. The zero-order valence-corrected chi connectivity index (χ0v) is 20.5. The number of carbonyl (C=O) groups is 2. The third-order valence-corrected chi connectivity index (χ3v) is 8.35. The van der Waals surface area contributed by atoms with Crippen molar-refractivity contribution in [3.8, 4) is 0 Å². The predicted molar refractivity (Wildman–Crippen MR) is 131 cm³/mol. The van der Waals surface area contributed by atoms with E-state index in [0.29, 0.717) is 48.9 Å². The molecule has 1 saturated carbocycles. The Morgan fingerprint density at radius 1 is 1.00 bits per heavy atom. The molecule has 2 N–H and O–H groups in total. The summed E-state index contributed by atoms with van der Waals surface area (Å²) in [5, 5.41) is 5.81. The van der Waals surface area contributed by atoms with Crippen molar-refractivity contribution in [1.82, 2.24) is 14.5 Å². The van der Waals surface area contributed by atoms with Gasteiger partial charge in [0.1, 0.15) is 0 Å². The SMILES string of the molecule is Cc1ccc(S(=O)(=O)N2CCN(CCC(=O)Nc3ccccc3C(=O)NC3CC3)CC2)c(C)c1. The Bertz CT molecular complexity index is 1170. The molecule has 9 heteroatoms. The van der Waals surface area contributed by atoms with Gasteiger partial charge in [0.25, 0.3) is 5.91 Å². The fourth-order valence-electron chi connectivity index (χ4n) is 4.17. The summed E-state index contributed by atoms with van der Waals surface area (Å²) in [6, 6.07) is 12.6. The van der Waals surface area contributed by atoms with Gasteiger partial charge in [-0.25, -0.2) is 8.42 Å². The number of nitrogens with zero attached hydrogens (tertiary/aromatic N) is 2. The summed E-state index contributed by atoms with van der Waals surface area (Å²) >= 11 is 0. The molecule has 0 bridgehead atoms. The monoisotopic (exact) mass is 484 g/mol. The van der Waals surface area contributed by atoms with Crippen LogP contribution < -0.4 is 10.6 Å². The van der Waals surface area contributed by atoms with Crippen molar-refractivity contribution in [1.29, 1.82) is 0 Å². The minimum atomic E-state index is -3.53. The number of hydrogen-bond donors (Lipinski definition) is 2. The first-order valence-corrected chi connectivity index (χ1v) is 13.2. The van der Waals surface area contributed by atoms with Gasteiger partial charge in [0.2, 0.25) is 15.9 Å². The maximum absolute atomic E-state index is 13.1. The van der Waals surface area contributed by atoms with Gasteiger partial charge < -0.3 is 15.5 Å². The number of piperazine rings is 1. The van der Waals surface area contributed by atoms with Gasteiger partial charge in [0.15, 0.2) is 0 Å². The van der Waals surface area contributed by atoms with E-state index in [-0.39, 0.29) is 24.3 Å². The van der Waals surface area contributed by atoms with Crippen LogP contribution in [0.4, 0.5) is 5.69 Å². The molecule has 1 heterocycles. The lowest BCUT2D eigenvalue weighted by Gasteiger charge is -2.34. The predicted octanol–water partition coefficient (Wildman–Crippen LogP) is 2.53. The standard InChI is InChI=1S/C25H32N4O4S/c1-18-7-10-23(19(2)17-18)34(32,33)29-15-13-28(14-16-29)12-11-24(30)27-22-6-4-3-5-21(22)25(31)26-20-8-9-20/h3-7,10,17,20H,8-9,11-16H2,1-2H3,(H,26,31)(H,27,30). The smallest absolute Gasteiger partial charge is 0.253 e. The average molecular weight is 485 g/mol. The molecule has 182 valence electrons. The van der Waals surface area contributed by atoms with E-state index in [0.717, 1.165) is 24.0 Å². The van der Waals surface area contributed by atoms with Gasteiger partial charge in [-0.3, -0.25) is 9.59 Å². The molecule has 34 heavy (non-hydrogen) atoms. The number of aryl methyl sites for hydroxylation is 2. The lowest BCUT2D eigenvalue weighted by Crippen LogP contribution is -2.49. The second kappa shape index (κ2) is 10.2. The number of anilines is 1. The fraction of sp³-hybridized carbons (Fsp3) is 0.440. The Kier molecular flexibility index (Phi) is 7.35. The molecule has 2 aromatic rings. The Morgan fingerprint density at radius 3 is 2.38 bits per heavy atom. The molecular weight excluding hydrogens is 452 g/mol. The maximum atomic E-state index is 13.1. The molecule has 2 amide bonds. The number of hydrogen-bond acceptors (Lipinski definition) is 5. The molecule has 1 aliphatic heterocycles. The van der Waals surface area contributed by atoms with Crippen molar-refractivity contribution in [3.63, 3.8) is 0 Å². The topological polar surface area (TPSA) is 98.8 Å². The molecule has 4 rings (SSSR count). The minimum Gasteiger partial charge on any atom is -0.349 e. The second-order valence-corrected chi connectivity index (χ2v) is 11.0. The zero-order chi connectivity index (χ0) is 24.3. The molecule has 0 spiro atoms. The van der Waals surface area contributed by atoms with Crippen LogP contribution in [0.5, 0.6) is 0 Å². The molecule has 0 radical (unpaired) electrons. The largest absolute Gasteiger partial charge is 0.349 e. The summed E-state index contributed by atoms with van der Waals surface area (Å²) < 4.78 is 27.7. The van der Waals surface area contributed by atoms with E-state index >= 15 is 0 Å². The Hall–Kier alpha value is -2.75. The van der Waals surface area contributed by atoms with Crippen molar-refractivity contribution in [2.75, 3.05) is 38.0 Å². The summed E-state index contributed by atoms with van der Waals surface area (Å²) in [6.45, 7) is 6.21. The van der Waals surface area contributed by atoms with Gasteiger partial charge in [-0.2, -0.15) is 4.31 Å². The number of nitrogens with one attached hydrogen (secondary N) is 2. The molecule has 0 aromatic heterocycles. The average Bonchev–Trinajstić information content (AvgIpc) is 3.62. The number of rotatable bonds is 8. The van der Waals surface area contributed by atoms with Crippen LogP contribution in [0.25, 0.3) is 0 Å². The number of sulfonamides is 1. The van der Waals surface area contributed by atoms with Gasteiger partial charge in [-0.1, -0.05) is 29.8 Å². The van der Waals surface area contributed by atoms with Crippen molar-refractivity contribution < 1.29 is 18.0 Å². The van der Waals surface area contributed by atoms with Crippen molar-refractivity contribution >= 4 is 27.5 Å². The van der Waals surface area contributed by atoms with E-state index < -0.39 is 10.0 Å². The Labute approximate surface area is 201 Å². The second-order valence-electron chi connectivity index (χ2n) is 9.11. The highest BCUT2D eigenvalue weighted by molar-refractivity contribution is 7.89. The lowest BCUT2D eigenvalue weighted by atomic mass is 10.1. The van der Waals surface area contributed by atoms with Crippen LogP contribution in [0.1, 0.15) is 40.7 Å². The van der Waals surface area contributed by atoms with E-state index in [1.54, 1.807) is 30.3 Å². The Morgan fingerprint density at radius 2 is 1.71 bits per heavy atom. The van der Waals surface area contributed by atoms with E-state index in [4.69, 9.17) is 0 Å². The summed E-state index contributed by atoms with van der Waals surface area (Å²) in [5.41, 5.74) is 2.76. The van der Waals surface area contributed by atoms with Crippen LogP contribution in [0.2, 0.25) is 0 Å². The lowest BCUT2D eigenvalue weighted by molar-refractivity contribution is -0.116. The molecule has 1 aliphatic carbocycles. The zero-order valence-electron chi connectivity index (χ0n) is 19.7. The number of carbonyl (C=O) groups excluding carboxylic acids is 2. The van der Waals surface area contributed by atoms with E-state index in [2.05, 4.69) is 15.5 Å². The molecular formula is C25H32N4O4S. The first kappa shape index (κ1) is 24.4. The van der Waals surface area contributed by atoms with Gasteiger partial charge in [-0.05, 0) is 50.5 Å². The molecule has 1 saturated heterocycles. The van der Waals surface area contributed by atoms with Gasteiger partial charge >= 0.3 is 0 Å². The summed E-state index contributed by atoms with van der Waals surface area (Å²) in [4.78, 5) is 27.4. The summed E-state index contributed by atoms with van der Waals surface area (Å²) in [5.74, 6) is -0.337. The summed E-state index contributed by atoms with van der Waals surface area (Å²) in [7, 11) is -3.53. The van der Waals surface area contributed by atoms with Crippen LogP contribution in [0.3, 0.4) is 0 Å². The fourth-order valence-corrected chi connectivity index (χ4v) is 5.80. The highest BCUT2D eigenvalue weighted by Gasteiger charge is 2.30. The summed E-state index contributed by atoms with van der Waals surface area (Å²) in [6.07, 6.45) is 2.27. The number of benzene rings is 2. The number of amides is 2. The first-order chi connectivity index (χ1) is 16.2. The quantitative estimate of drug-likeness (QED) is 0.600. The van der Waals surface area contributed by atoms with Crippen LogP contribution in [-0.4, -0.2) is 68.2 Å². The highest BCUT2D eigenvalue weighted by Crippen LogP contribution is 2.23. The van der Waals surface area contributed by atoms with Gasteiger partial charge in [0, 0.05) is 45.2 Å². The normalized spacial score (nSPS) is 17.4. The minimum absolute atomic E-state index is 0.167. The van der Waals surface area contributed by atoms with Gasteiger partial charge in [-0.15, -0.1) is 0 Å². The Balaban J connectivity index is 1.27. The maximum Gasteiger partial charge on any atom is 0.253 e. The van der Waals surface area contributed by atoms with E-state index in [1.165, 1.54) is 4.31 Å². The van der Waals surface area contributed by atoms with Crippen LogP contribution >= 0.6 is 0 Å². The van der Waals surface area contributed by atoms with Crippen molar-refractivity contribution in [3.05, 3.63) is 59.2 Å².